The van der Waals surface area contributed by atoms with E-state index in [0.717, 1.165) is 37.5 Å². The predicted octanol–water partition coefficient (Wildman–Crippen LogP) is 3.19. The van der Waals surface area contributed by atoms with Crippen LogP contribution < -0.4 is 11.1 Å². The van der Waals surface area contributed by atoms with Crippen LogP contribution in [0, 0.1) is 0 Å². The van der Waals surface area contributed by atoms with Crippen molar-refractivity contribution in [3.05, 3.63) is 23.8 Å². The standard InChI is InChI=1S/C14H17F3N2O2/c15-14(16,17)9-4-5-12(11(18)7-9)19-13(20)8-10-3-1-2-6-21-10/h4-5,7,10H,1-3,6,8,18H2,(H,19,20). The van der Waals surface area contributed by atoms with E-state index in [9.17, 15) is 18.0 Å². The van der Waals surface area contributed by atoms with E-state index in [-0.39, 0.29) is 29.8 Å². The van der Waals surface area contributed by atoms with Gasteiger partial charge < -0.3 is 15.8 Å². The van der Waals surface area contributed by atoms with Crippen LogP contribution in [-0.2, 0) is 15.7 Å². The van der Waals surface area contributed by atoms with Gasteiger partial charge in [0.25, 0.3) is 0 Å². The summed E-state index contributed by atoms with van der Waals surface area (Å²) in [6, 6.07) is 2.87. The van der Waals surface area contributed by atoms with Crippen LogP contribution in [0.2, 0.25) is 0 Å². The van der Waals surface area contributed by atoms with Crippen molar-refractivity contribution in [1.29, 1.82) is 0 Å². The van der Waals surface area contributed by atoms with Crippen LogP contribution in [0.1, 0.15) is 31.2 Å². The molecule has 1 aliphatic rings. The highest BCUT2D eigenvalue weighted by molar-refractivity contribution is 5.94. The van der Waals surface area contributed by atoms with Gasteiger partial charge in [-0.1, -0.05) is 0 Å². The fourth-order valence-electron chi connectivity index (χ4n) is 2.23. The van der Waals surface area contributed by atoms with Crippen LogP contribution in [0.3, 0.4) is 0 Å². The van der Waals surface area contributed by atoms with Crippen molar-refractivity contribution < 1.29 is 22.7 Å². The maximum Gasteiger partial charge on any atom is 0.416 e. The first-order valence-corrected chi connectivity index (χ1v) is 6.74. The van der Waals surface area contributed by atoms with E-state index < -0.39 is 11.7 Å². The number of nitrogens with one attached hydrogen (secondary N) is 1. The molecule has 1 aromatic rings. The molecule has 1 amide bonds. The molecular formula is C14H17F3N2O2. The van der Waals surface area contributed by atoms with Gasteiger partial charge in [-0.2, -0.15) is 13.2 Å². The lowest BCUT2D eigenvalue weighted by Gasteiger charge is -2.22. The monoisotopic (exact) mass is 302 g/mol. The Balaban J connectivity index is 1.97. The second-order valence-corrected chi connectivity index (χ2v) is 5.04. The Bertz CT molecular complexity index is 511. The quantitative estimate of drug-likeness (QED) is 0.843. The van der Waals surface area contributed by atoms with Gasteiger partial charge >= 0.3 is 6.18 Å². The lowest BCUT2D eigenvalue weighted by atomic mass is 10.1. The minimum absolute atomic E-state index is 0.109. The molecule has 1 aliphatic heterocycles. The first kappa shape index (κ1) is 15.6. The summed E-state index contributed by atoms with van der Waals surface area (Å²) in [7, 11) is 0. The number of amides is 1. The molecule has 1 atom stereocenters. The Hall–Kier alpha value is -1.76. The maximum atomic E-state index is 12.5. The van der Waals surface area contributed by atoms with E-state index in [2.05, 4.69) is 5.32 Å². The lowest BCUT2D eigenvalue weighted by molar-refractivity contribution is -0.137. The minimum atomic E-state index is -4.45. The van der Waals surface area contributed by atoms with Crippen molar-refractivity contribution in [2.75, 3.05) is 17.7 Å². The van der Waals surface area contributed by atoms with Crippen molar-refractivity contribution in [1.82, 2.24) is 0 Å². The van der Waals surface area contributed by atoms with E-state index in [1.807, 2.05) is 0 Å². The number of nitrogens with two attached hydrogens (primary N) is 1. The van der Waals surface area contributed by atoms with Crippen molar-refractivity contribution in [3.8, 4) is 0 Å². The third-order valence-electron chi connectivity index (χ3n) is 3.34. The van der Waals surface area contributed by atoms with Crippen molar-refractivity contribution in [2.45, 2.75) is 38.0 Å². The largest absolute Gasteiger partial charge is 0.416 e. The number of anilines is 2. The summed E-state index contributed by atoms with van der Waals surface area (Å²) in [6.45, 7) is 0.639. The highest BCUT2D eigenvalue weighted by Gasteiger charge is 2.31. The van der Waals surface area contributed by atoms with E-state index in [1.54, 1.807) is 0 Å². The first-order chi connectivity index (χ1) is 9.86. The zero-order valence-corrected chi connectivity index (χ0v) is 11.4. The molecule has 0 saturated carbocycles. The number of carbonyl (C=O) groups is 1. The summed E-state index contributed by atoms with van der Waals surface area (Å²) in [5.74, 6) is -0.312. The molecule has 1 saturated heterocycles. The number of ether oxygens (including phenoxy) is 1. The van der Waals surface area contributed by atoms with Gasteiger partial charge in [-0.15, -0.1) is 0 Å². The highest BCUT2D eigenvalue weighted by atomic mass is 19.4. The van der Waals surface area contributed by atoms with E-state index >= 15 is 0 Å². The predicted molar refractivity (Wildman–Crippen MR) is 72.7 cm³/mol. The zero-order valence-electron chi connectivity index (χ0n) is 11.4. The molecule has 0 spiro atoms. The summed E-state index contributed by atoms with van der Waals surface area (Å²) in [5.41, 5.74) is 4.79. The highest BCUT2D eigenvalue weighted by Crippen LogP contribution is 2.32. The van der Waals surface area contributed by atoms with Gasteiger partial charge in [-0.3, -0.25) is 4.79 Å². The lowest BCUT2D eigenvalue weighted by Crippen LogP contribution is -2.25. The summed E-state index contributed by atoms with van der Waals surface area (Å²) >= 11 is 0. The Kier molecular flexibility index (Phi) is 4.72. The third-order valence-corrected chi connectivity index (χ3v) is 3.34. The number of hydrogen-bond acceptors (Lipinski definition) is 3. The van der Waals surface area contributed by atoms with Gasteiger partial charge in [-0.25, -0.2) is 0 Å². The van der Waals surface area contributed by atoms with Crippen LogP contribution in [0.4, 0.5) is 24.5 Å². The average Bonchev–Trinajstić information content (AvgIpc) is 2.41. The van der Waals surface area contributed by atoms with Crippen molar-refractivity contribution >= 4 is 17.3 Å². The Morgan fingerprint density at radius 2 is 2.14 bits per heavy atom. The zero-order chi connectivity index (χ0) is 15.5. The molecule has 0 bridgehead atoms. The van der Waals surface area contributed by atoms with Crippen LogP contribution in [-0.4, -0.2) is 18.6 Å². The summed E-state index contributed by atoms with van der Waals surface area (Å²) in [4.78, 5) is 11.8. The number of rotatable bonds is 3. The topological polar surface area (TPSA) is 64.3 Å². The Labute approximate surface area is 120 Å². The fourth-order valence-corrected chi connectivity index (χ4v) is 2.23. The van der Waals surface area contributed by atoms with Crippen LogP contribution >= 0.6 is 0 Å². The van der Waals surface area contributed by atoms with Crippen LogP contribution in [0.5, 0.6) is 0 Å². The smallest absolute Gasteiger partial charge is 0.397 e. The van der Waals surface area contributed by atoms with Gasteiger partial charge in [0, 0.05) is 6.61 Å². The first-order valence-electron chi connectivity index (χ1n) is 6.74. The van der Waals surface area contributed by atoms with Gasteiger partial charge in [0.05, 0.1) is 29.5 Å². The molecular weight excluding hydrogens is 285 g/mol. The molecule has 3 N–H and O–H groups in total. The van der Waals surface area contributed by atoms with Crippen molar-refractivity contribution in [2.24, 2.45) is 0 Å². The molecule has 0 radical (unpaired) electrons. The van der Waals surface area contributed by atoms with E-state index in [4.69, 9.17) is 10.5 Å². The summed E-state index contributed by atoms with van der Waals surface area (Å²) in [5, 5.41) is 2.52. The molecule has 7 heteroatoms. The molecule has 21 heavy (non-hydrogen) atoms. The molecule has 0 aromatic heterocycles. The normalized spacial score (nSPS) is 19.3. The molecule has 0 aliphatic carbocycles. The number of alkyl halides is 3. The molecule has 1 heterocycles. The Morgan fingerprint density at radius 1 is 1.38 bits per heavy atom. The van der Waals surface area contributed by atoms with Crippen LogP contribution in [0.25, 0.3) is 0 Å². The summed E-state index contributed by atoms with van der Waals surface area (Å²) < 4.78 is 43.0. The van der Waals surface area contributed by atoms with Gasteiger partial charge in [0.15, 0.2) is 0 Å². The molecule has 1 fully saturated rings. The van der Waals surface area contributed by atoms with E-state index in [1.165, 1.54) is 0 Å². The third kappa shape index (κ3) is 4.35. The second kappa shape index (κ2) is 6.34. The SMILES string of the molecule is Nc1cc(C(F)(F)F)ccc1NC(=O)CC1CCCCO1. The fraction of sp³-hybridized carbons (Fsp3) is 0.500. The summed E-state index contributed by atoms with van der Waals surface area (Å²) in [6.07, 6.45) is -1.58. The number of benzene rings is 1. The minimum Gasteiger partial charge on any atom is -0.397 e. The van der Waals surface area contributed by atoms with E-state index in [0.29, 0.717) is 6.61 Å². The second-order valence-electron chi connectivity index (χ2n) is 5.04. The number of nitrogen functional groups attached to an aromatic ring is 1. The number of carbonyl (C=O) groups excluding carboxylic acids is 1. The Morgan fingerprint density at radius 3 is 2.71 bits per heavy atom. The maximum absolute atomic E-state index is 12.5. The molecule has 1 unspecified atom stereocenters. The number of halogens is 3. The average molecular weight is 302 g/mol. The van der Waals surface area contributed by atoms with Gasteiger partial charge in [-0.05, 0) is 37.5 Å². The number of hydrogen-bond donors (Lipinski definition) is 2. The molecule has 116 valence electrons. The molecule has 4 nitrogen and oxygen atoms in total. The molecule has 1 aromatic carbocycles. The van der Waals surface area contributed by atoms with Crippen LogP contribution in [0.15, 0.2) is 18.2 Å². The van der Waals surface area contributed by atoms with Crippen molar-refractivity contribution in [3.63, 3.8) is 0 Å². The van der Waals surface area contributed by atoms with Gasteiger partial charge in [0.1, 0.15) is 0 Å². The molecule has 2 rings (SSSR count). The van der Waals surface area contributed by atoms with Gasteiger partial charge in [0.2, 0.25) is 5.91 Å².